The number of amides is 1. The van der Waals surface area contributed by atoms with Gasteiger partial charge in [0.15, 0.2) is 11.5 Å². The first kappa shape index (κ1) is 17.5. The third kappa shape index (κ3) is 5.36. The van der Waals surface area contributed by atoms with Crippen molar-refractivity contribution in [2.75, 3.05) is 13.2 Å². The van der Waals surface area contributed by atoms with Gasteiger partial charge >= 0.3 is 0 Å². The molecule has 1 aromatic heterocycles. The number of carbonyl (C=O) groups excluding carboxylic acids is 1. The lowest BCUT2D eigenvalue weighted by Crippen LogP contribution is -2.25. The van der Waals surface area contributed by atoms with Gasteiger partial charge in [0.25, 0.3) is 5.91 Å². The van der Waals surface area contributed by atoms with Gasteiger partial charge in [0.1, 0.15) is 5.52 Å². The van der Waals surface area contributed by atoms with Gasteiger partial charge in [0, 0.05) is 25.1 Å². The number of aromatic nitrogens is 1. The van der Waals surface area contributed by atoms with E-state index < -0.39 is 0 Å². The second-order valence-electron chi connectivity index (χ2n) is 5.92. The van der Waals surface area contributed by atoms with Crippen molar-refractivity contribution in [1.29, 1.82) is 0 Å². The Hall–Kier alpha value is -1.88. The zero-order valence-electron chi connectivity index (χ0n) is 14.2. The highest BCUT2D eigenvalue weighted by atomic mass is 16.5. The number of hydrogen-bond acceptors (Lipinski definition) is 4. The number of rotatable bonds is 9. The molecule has 0 spiro atoms. The normalized spacial score (nSPS) is 11.3. The largest absolute Gasteiger partial charge is 0.441 e. The van der Waals surface area contributed by atoms with Crippen molar-refractivity contribution >= 4 is 17.0 Å². The van der Waals surface area contributed by atoms with Crippen LogP contribution in [-0.4, -0.2) is 30.1 Å². The van der Waals surface area contributed by atoms with Gasteiger partial charge in [0.2, 0.25) is 0 Å². The Labute approximate surface area is 137 Å². The number of benzene rings is 1. The highest BCUT2D eigenvalue weighted by molar-refractivity contribution is 5.97. The van der Waals surface area contributed by atoms with Crippen LogP contribution in [0.5, 0.6) is 0 Å². The van der Waals surface area contributed by atoms with Crippen molar-refractivity contribution in [2.45, 2.75) is 52.6 Å². The summed E-state index contributed by atoms with van der Waals surface area (Å²) in [5.41, 5.74) is 2.09. The predicted octanol–water partition coefficient (Wildman–Crippen LogP) is 3.72. The zero-order valence-corrected chi connectivity index (χ0v) is 14.2. The molecule has 0 unspecified atom stereocenters. The van der Waals surface area contributed by atoms with Gasteiger partial charge in [-0.3, -0.25) is 4.79 Å². The number of unbranched alkanes of at least 4 members (excludes halogenated alkanes) is 1. The Kier molecular flexibility index (Phi) is 6.59. The molecule has 0 fully saturated rings. The summed E-state index contributed by atoms with van der Waals surface area (Å²) < 4.78 is 11.1. The Balaban J connectivity index is 1.90. The molecular formula is C18H26N2O3. The molecule has 0 saturated carbocycles. The van der Waals surface area contributed by atoms with E-state index >= 15 is 0 Å². The Bertz CT molecular complexity index is 634. The zero-order chi connectivity index (χ0) is 16.7. The van der Waals surface area contributed by atoms with E-state index in [4.69, 9.17) is 9.15 Å². The average Bonchev–Trinajstić information content (AvgIpc) is 2.93. The van der Waals surface area contributed by atoms with Crippen LogP contribution >= 0.6 is 0 Å². The third-order valence-corrected chi connectivity index (χ3v) is 3.50. The summed E-state index contributed by atoms with van der Waals surface area (Å²) in [7, 11) is 0. The first-order chi connectivity index (χ1) is 11.1. The fourth-order valence-corrected chi connectivity index (χ4v) is 2.25. The standard InChI is InChI=1S/C18H26N2O3/c1-4-5-7-17-20-15-12-14(8-9-16(15)23-17)18(21)19-10-6-11-22-13(2)3/h8-9,12-13H,4-7,10-11H2,1-3H3,(H,19,21). The van der Waals surface area contributed by atoms with Crippen molar-refractivity contribution in [3.8, 4) is 0 Å². The van der Waals surface area contributed by atoms with E-state index in [-0.39, 0.29) is 12.0 Å². The molecule has 0 bridgehead atoms. The summed E-state index contributed by atoms with van der Waals surface area (Å²) >= 11 is 0. The molecule has 2 aromatic rings. The van der Waals surface area contributed by atoms with Crippen molar-refractivity contribution in [2.24, 2.45) is 0 Å². The summed E-state index contributed by atoms with van der Waals surface area (Å²) in [6.07, 6.45) is 4.02. The maximum atomic E-state index is 12.2. The molecule has 0 saturated heterocycles. The maximum absolute atomic E-state index is 12.2. The second-order valence-corrected chi connectivity index (χ2v) is 5.92. The highest BCUT2D eigenvalue weighted by Crippen LogP contribution is 2.18. The molecule has 5 heteroatoms. The van der Waals surface area contributed by atoms with Crippen LogP contribution in [0.25, 0.3) is 11.1 Å². The van der Waals surface area contributed by atoms with Crippen LogP contribution in [-0.2, 0) is 11.2 Å². The molecule has 0 atom stereocenters. The number of hydrogen-bond donors (Lipinski definition) is 1. The molecule has 1 N–H and O–H groups in total. The summed E-state index contributed by atoms with van der Waals surface area (Å²) in [4.78, 5) is 16.6. The van der Waals surface area contributed by atoms with Crippen molar-refractivity contribution in [3.05, 3.63) is 29.7 Å². The van der Waals surface area contributed by atoms with E-state index in [9.17, 15) is 4.79 Å². The van der Waals surface area contributed by atoms with E-state index in [1.165, 1.54) is 0 Å². The Morgan fingerprint density at radius 2 is 2.17 bits per heavy atom. The van der Waals surface area contributed by atoms with Crippen molar-refractivity contribution < 1.29 is 13.9 Å². The fraction of sp³-hybridized carbons (Fsp3) is 0.556. The summed E-state index contributed by atoms with van der Waals surface area (Å²) in [5, 5.41) is 2.90. The molecule has 0 aliphatic carbocycles. The van der Waals surface area contributed by atoms with E-state index in [0.717, 1.165) is 42.7 Å². The van der Waals surface area contributed by atoms with Gasteiger partial charge in [-0.05, 0) is 44.9 Å². The second kappa shape index (κ2) is 8.67. The average molecular weight is 318 g/mol. The minimum Gasteiger partial charge on any atom is -0.441 e. The molecule has 1 heterocycles. The van der Waals surface area contributed by atoms with Crippen LogP contribution in [0.2, 0.25) is 0 Å². The first-order valence-electron chi connectivity index (χ1n) is 8.39. The number of nitrogens with zero attached hydrogens (tertiary/aromatic N) is 1. The van der Waals surface area contributed by atoms with Crippen LogP contribution in [0.1, 0.15) is 56.3 Å². The molecule has 5 nitrogen and oxygen atoms in total. The molecule has 2 rings (SSSR count). The molecule has 1 aromatic carbocycles. The minimum atomic E-state index is -0.0884. The lowest BCUT2D eigenvalue weighted by molar-refractivity contribution is 0.0757. The quantitative estimate of drug-likeness (QED) is 0.716. The first-order valence-corrected chi connectivity index (χ1v) is 8.39. The van der Waals surface area contributed by atoms with Gasteiger partial charge in [-0.1, -0.05) is 13.3 Å². The van der Waals surface area contributed by atoms with Crippen LogP contribution in [0.15, 0.2) is 22.6 Å². The molecule has 0 radical (unpaired) electrons. The van der Waals surface area contributed by atoms with Crippen molar-refractivity contribution in [1.82, 2.24) is 10.3 Å². The molecule has 0 aliphatic heterocycles. The summed E-state index contributed by atoms with van der Waals surface area (Å²) in [6, 6.07) is 5.37. The van der Waals surface area contributed by atoms with Gasteiger partial charge in [0.05, 0.1) is 6.10 Å². The Morgan fingerprint density at radius 3 is 2.91 bits per heavy atom. The Morgan fingerprint density at radius 1 is 1.35 bits per heavy atom. The van der Waals surface area contributed by atoms with Gasteiger partial charge in [-0.25, -0.2) is 4.98 Å². The predicted molar refractivity (Wildman–Crippen MR) is 90.7 cm³/mol. The SMILES string of the molecule is CCCCc1nc2cc(C(=O)NCCCOC(C)C)ccc2o1. The van der Waals surface area contributed by atoms with E-state index in [2.05, 4.69) is 17.2 Å². The highest BCUT2D eigenvalue weighted by Gasteiger charge is 2.10. The van der Waals surface area contributed by atoms with Gasteiger partial charge in [-0.15, -0.1) is 0 Å². The topological polar surface area (TPSA) is 64.4 Å². The maximum Gasteiger partial charge on any atom is 0.251 e. The molecule has 1 amide bonds. The van der Waals surface area contributed by atoms with Gasteiger partial charge in [-0.2, -0.15) is 0 Å². The number of ether oxygens (including phenoxy) is 1. The number of carbonyl (C=O) groups is 1. The van der Waals surface area contributed by atoms with Crippen LogP contribution in [0, 0.1) is 0 Å². The van der Waals surface area contributed by atoms with E-state index in [1.807, 2.05) is 19.9 Å². The van der Waals surface area contributed by atoms with E-state index in [1.54, 1.807) is 12.1 Å². The summed E-state index contributed by atoms with van der Waals surface area (Å²) in [6.45, 7) is 7.39. The number of fused-ring (bicyclic) bond motifs is 1. The smallest absolute Gasteiger partial charge is 0.251 e. The number of oxazole rings is 1. The lowest BCUT2D eigenvalue weighted by Gasteiger charge is -2.08. The molecular weight excluding hydrogens is 292 g/mol. The van der Waals surface area contributed by atoms with Crippen LogP contribution in [0.4, 0.5) is 0 Å². The van der Waals surface area contributed by atoms with Crippen LogP contribution in [0.3, 0.4) is 0 Å². The fourth-order valence-electron chi connectivity index (χ4n) is 2.25. The number of aryl methyl sites for hydroxylation is 1. The monoisotopic (exact) mass is 318 g/mol. The van der Waals surface area contributed by atoms with E-state index in [0.29, 0.717) is 18.7 Å². The van der Waals surface area contributed by atoms with Gasteiger partial charge < -0.3 is 14.5 Å². The molecule has 23 heavy (non-hydrogen) atoms. The molecule has 0 aliphatic rings. The number of nitrogens with one attached hydrogen (secondary N) is 1. The summed E-state index contributed by atoms with van der Waals surface area (Å²) in [5.74, 6) is 0.653. The van der Waals surface area contributed by atoms with Crippen LogP contribution < -0.4 is 5.32 Å². The minimum absolute atomic E-state index is 0.0884. The van der Waals surface area contributed by atoms with Crippen molar-refractivity contribution in [3.63, 3.8) is 0 Å². The lowest BCUT2D eigenvalue weighted by atomic mass is 10.2. The molecule has 126 valence electrons. The third-order valence-electron chi connectivity index (χ3n) is 3.50.